The summed E-state index contributed by atoms with van der Waals surface area (Å²) in [6, 6.07) is 0. The molecule has 5 nitrogen and oxygen atoms in total. The van der Waals surface area contributed by atoms with Crippen molar-refractivity contribution in [2.45, 2.75) is 33.6 Å². The molecule has 0 bridgehead atoms. The molecule has 1 atom stereocenters. The van der Waals surface area contributed by atoms with Gasteiger partial charge in [-0.05, 0) is 12.8 Å². The van der Waals surface area contributed by atoms with E-state index in [0.29, 0.717) is 19.6 Å². The Kier molecular flexibility index (Phi) is 5.14. The molecule has 0 aromatic carbocycles. The molecular weight excluding hydrogens is 230 g/mol. The van der Waals surface area contributed by atoms with Crippen LogP contribution < -0.4 is 11.1 Å². The quantitative estimate of drug-likeness (QED) is 0.764. The largest absolute Gasteiger partial charge is 0.355 e. The van der Waals surface area contributed by atoms with Gasteiger partial charge in [0.2, 0.25) is 11.8 Å². The van der Waals surface area contributed by atoms with E-state index in [2.05, 4.69) is 5.32 Å². The number of rotatable bonds is 3. The molecule has 3 N–H and O–H groups in total. The van der Waals surface area contributed by atoms with Gasteiger partial charge in [-0.15, -0.1) is 0 Å². The van der Waals surface area contributed by atoms with Crippen LogP contribution in [0.2, 0.25) is 0 Å². The van der Waals surface area contributed by atoms with E-state index in [4.69, 9.17) is 5.73 Å². The van der Waals surface area contributed by atoms with Crippen LogP contribution in [0.1, 0.15) is 33.6 Å². The Morgan fingerprint density at radius 3 is 2.61 bits per heavy atom. The van der Waals surface area contributed by atoms with E-state index < -0.39 is 0 Å². The van der Waals surface area contributed by atoms with Crippen molar-refractivity contribution in [3.05, 3.63) is 0 Å². The van der Waals surface area contributed by atoms with Crippen LogP contribution in [0, 0.1) is 11.3 Å². The third kappa shape index (κ3) is 3.98. The second kappa shape index (κ2) is 6.18. The number of hydrogen-bond donors (Lipinski definition) is 2. The summed E-state index contributed by atoms with van der Waals surface area (Å²) in [4.78, 5) is 25.9. The summed E-state index contributed by atoms with van der Waals surface area (Å²) in [6.07, 6.45) is 1.74. The summed E-state index contributed by atoms with van der Waals surface area (Å²) in [7, 11) is 0. The third-order valence-electron chi connectivity index (χ3n) is 3.16. The van der Waals surface area contributed by atoms with E-state index in [-0.39, 0.29) is 23.1 Å². The Labute approximate surface area is 109 Å². The summed E-state index contributed by atoms with van der Waals surface area (Å²) in [5, 5.41) is 2.80. The van der Waals surface area contributed by atoms with Gasteiger partial charge in [-0.1, -0.05) is 20.8 Å². The van der Waals surface area contributed by atoms with Crippen LogP contribution in [-0.4, -0.2) is 42.9 Å². The highest BCUT2D eigenvalue weighted by Gasteiger charge is 2.33. The standard InChI is InChI=1S/C13H25N3O2/c1-13(2,3)12(18)16-8-4-5-10(9-16)11(17)15-7-6-14/h10H,4-9,14H2,1-3H3,(H,15,17). The lowest BCUT2D eigenvalue weighted by Crippen LogP contribution is -2.49. The van der Waals surface area contributed by atoms with Crippen molar-refractivity contribution in [2.24, 2.45) is 17.1 Å². The molecule has 0 saturated carbocycles. The minimum Gasteiger partial charge on any atom is -0.355 e. The first kappa shape index (κ1) is 15.0. The van der Waals surface area contributed by atoms with Crippen molar-refractivity contribution >= 4 is 11.8 Å². The maximum Gasteiger partial charge on any atom is 0.227 e. The van der Waals surface area contributed by atoms with Crippen LogP contribution in [0.25, 0.3) is 0 Å². The predicted octanol–water partition coefficient (Wildman–Crippen LogP) is 0.346. The van der Waals surface area contributed by atoms with Crippen LogP contribution in [0.15, 0.2) is 0 Å². The fourth-order valence-electron chi connectivity index (χ4n) is 2.19. The fraction of sp³-hybridized carbons (Fsp3) is 0.846. The highest BCUT2D eigenvalue weighted by Crippen LogP contribution is 2.23. The van der Waals surface area contributed by atoms with Crippen LogP contribution in [0.4, 0.5) is 0 Å². The van der Waals surface area contributed by atoms with Gasteiger partial charge in [0.25, 0.3) is 0 Å². The number of nitrogens with one attached hydrogen (secondary N) is 1. The maximum absolute atomic E-state index is 12.2. The van der Waals surface area contributed by atoms with Crippen LogP contribution in [0.3, 0.4) is 0 Å². The summed E-state index contributed by atoms with van der Waals surface area (Å²) >= 11 is 0. The topological polar surface area (TPSA) is 75.4 Å². The van der Waals surface area contributed by atoms with E-state index in [1.807, 2.05) is 25.7 Å². The van der Waals surface area contributed by atoms with E-state index in [1.165, 1.54) is 0 Å². The average Bonchev–Trinajstić information content (AvgIpc) is 2.34. The average molecular weight is 255 g/mol. The molecule has 2 amide bonds. The van der Waals surface area contributed by atoms with Crippen molar-refractivity contribution in [1.82, 2.24) is 10.2 Å². The number of piperidine rings is 1. The van der Waals surface area contributed by atoms with Gasteiger partial charge in [-0.3, -0.25) is 9.59 Å². The van der Waals surface area contributed by atoms with Crippen molar-refractivity contribution in [2.75, 3.05) is 26.2 Å². The highest BCUT2D eigenvalue weighted by molar-refractivity contribution is 5.83. The third-order valence-corrected chi connectivity index (χ3v) is 3.16. The Hall–Kier alpha value is -1.10. The minimum absolute atomic E-state index is 0.0202. The molecule has 5 heteroatoms. The summed E-state index contributed by atoms with van der Waals surface area (Å²) in [5.41, 5.74) is 4.98. The molecule has 1 fully saturated rings. The van der Waals surface area contributed by atoms with Crippen LogP contribution in [-0.2, 0) is 9.59 Å². The molecule has 0 aromatic rings. The maximum atomic E-state index is 12.2. The number of carbonyl (C=O) groups is 2. The molecular formula is C13H25N3O2. The van der Waals surface area contributed by atoms with Crippen molar-refractivity contribution in [3.8, 4) is 0 Å². The number of hydrogen-bond acceptors (Lipinski definition) is 3. The Balaban J connectivity index is 2.56. The molecule has 1 rings (SSSR count). The smallest absolute Gasteiger partial charge is 0.227 e. The zero-order valence-electron chi connectivity index (χ0n) is 11.7. The van der Waals surface area contributed by atoms with Crippen molar-refractivity contribution in [3.63, 3.8) is 0 Å². The number of nitrogens with zero attached hydrogens (tertiary/aromatic N) is 1. The highest BCUT2D eigenvalue weighted by atomic mass is 16.2. The number of carbonyl (C=O) groups excluding carboxylic acids is 2. The normalized spacial score (nSPS) is 20.7. The summed E-state index contributed by atoms with van der Waals surface area (Å²) in [6.45, 7) is 7.98. The molecule has 1 aliphatic heterocycles. The summed E-state index contributed by atoms with van der Waals surface area (Å²) in [5.74, 6) is 0.0577. The molecule has 1 unspecified atom stereocenters. The Morgan fingerprint density at radius 1 is 1.39 bits per heavy atom. The molecule has 0 spiro atoms. The summed E-state index contributed by atoms with van der Waals surface area (Å²) < 4.78 is 0. The van der Waals surface area contributed by atoms with Gasteiger partial charge in [0.15, 0.2) is 0 Å². The van der Waals surface area contributed by atoms with Crippen LogP contribution >= 0.6 is 0 Å². The predicted molar refractivity (Wildman–Crippen MR) is 70.8 cm³/mol. The van der Waals surface area contributed by atoms with Gasteiger partial charge in [0.1, 0.15) is 0 Å². The van der Waals surface area contributed by atoms with Crippen LogP contribution in [0.5, 0.6) is 0 Å². The number of amides is 2. The van der Waals surface area contributed by atoms with E-state index in [0.717, 1.165) is 19.4 Å². The van der Waals surface area contributed by atoms with E-state index in [1.54, 1.807) is 0 Å². The molecule has 1 aliphatic rings. The van der Waals surface area contributed by atoms with Gasteiger partial charge in [0.05, 0.1) is 5.92 Å². The number of nitrogens with two attached hydrogens (primary N) is 1. The zero-order valence-corrected chi connectivity index (χ0v) is 11.7. The lowest BCUT2D eigenvalue weighted by Gasteiger charge is -2.35. The van der Waals surface area contributed by atoms with Gasteiger partial charge >= 0.3 is 0 Å². The van der Waals surface area contributed by atoms with Crippen molar-refractivity contribution in [1.29, 1.82) is 0 Å². The first-order valence-electron chi connectivity index (χ1n) is 6.63. The first-order valence-corrected chi connectivity index (χ1v) is 6.63. The lowest BCUT2D eigenvalue weighted by molar-refractivity contribution is -0.142. The van der Waals surface area contributed by atoms with Crippen molar-refractivity contribution < 1.29 is 9.59 Å². The molecule has 1 saturated heterocycles. The van der Waals surface area contributed by atoms with Gasteiger partial charge < -0.3 is 16.0 Å². The molecule has 0 radical (unpaired) electrons. The number of likely N-dealkylation sites (tertiary alicyclic amines) is 1. The Morgan fingerprint density at radius 2 is 2.06 bits per heavy atom. The zero-order chi connectivity index (χ0) is 13.8. The molecule has 104 valence electrons. The molecule has 18 heavy (non-hydrogen) atoms. The SMILES string of the molecule is CC(C)(C)C(=O)N1CCCC(C(=O)NCCN)C1. The minimum atomic E-state index is -0.379. The van der Waals surface area contributed by atoms with Gasteiger partial charge in [-0.25, -0.2) is 0 Å². The van der Waals surface area contributed by atoms with E-state index in [9.17, 15) is 9.59 Å². The lowest BCUT2D eigenvalue weighted by atomic mass is 9.91. The second-order valence-corrected chi connectivity index (χ2v) is 5.92. The Bertz CT molecular complexity index is 310. The fourth-order valence-corrected chi connectivity index (χ4v) is 2.19. The van der Waals surface area contributed by atoms with E-state index >= 15 is 0 Å². The van der Waals surface area contributed by atoms with Gasteiger partial charge in [0, 0.05) is 31.6 Å². The first-order chi connectivity index (χ1) is 8.36. The second-order valence-electron chi connectivity index (χ2n) is 5.92. The molecule has 0 aromatic heterocycles. The monoisotopic (exact) mass is 255 g/mol. The molecule has 1 heterocycles. The molecule has 0 aliphatic carbocycles. The van der Waals surface area contributed by atoms with Gasteiger partial charge in [-0.2, -0.15) is 0 Å².